The molecule has 1 N–H and O–H groups in total. The highest BCUT2D eigenvalue weighted by molar-refractivity contribution is 7.10. The lowest BCUT2D eigenvalue weighted by Crippen LogP contribution is -2.30. The molecule has 1 fully saturated rings. The smallest absolute Gasteiger partial charge is 0.0561 e. The van der Waals surface area contributed by atoms with Gasteiger partial charge in [-0.05, 0) is 36.8 Å². The lowest BCUT2D eigenvalue weighted by molar-refractivity contribution is 0.328. The van der Waals surface area contributed by atoms with E-state index < -0.39 is 0 Å². The highest BCUT2D eigenvalue weighted by atomic mass is 35.5. The minimum absolute atomic E-state index is 0.497. The molecule has 2 unspecified atom stereocenters. The summed E-state index contributed by atoms with van der Waals surface area (Å²) in [6.07, 6.45) is 2.51. The molecule has 0 aliphatic carbocycles. The Morgan fingerprint density at radius 1 is 1.62 bits per heavy atom. The van der Waals surface area contributed by atoms with Crippen LogP contribution < -0.4 is 5.32 Å². The summed E-state index contributed by atoms with van der Waals surface area (Å²) in [5.41, 5.74) is 0. The Balaban J connectivity index is 2.12. The Bertz CT molecular complexity index is 284. The summed E-state index contributed by atoms with van der Waals surface area (Å²) in [4.78, 5) is 1.31. The van der Waals surface area contributed by atoms with Crippen LogP contribution in [0.25, 0.3) is 0 Å². The predicted molar refractivity (Wildman–Crippen MR) is 58.5 cm³/mol. The maximum Gasteiger partial charge on any atom is 0.0561 e. The third-order valence-corrected chi connectivity index (χ3v) is 4.10. The topological polar surface area (TPSA) is 12.0 Å². The van der Waals surface area contributed by atoms with Crippen molar-refractivity contribution in [2.45, 2.75) is 25.8 Å². The molecular formula is C10H14ClNS. The fraction of sp³-hybridized carbons (Fsp3) is 0.600. The van der Waals surface area contributed by atoms with E-state index in [4.69, 9.17) is 11.6 Å². The summed E-state index contributed by atoms with van der Waals surface area (Å²) < 4.78 is 0. The van der Waals surface area contributed by atoms with Crippen LogP contribution in [0.15, 0.2) is 11.4 Å². The molecule has 1 aromatic heterocycles. The minimum atomic E-state index is 0.497. The summed E-state index contributed by atoms with van der Waals surface area (Å²) >= 11 is 7.85. The highest BCUT2D eigenvalue weighted by Gasteiger charge is 2.22. The predicted octanol–water partition coefficient (Wildman–Crippen LogP) is 3.46. The van der Waals surface area contributed by atoms with Crippen LogP contribution in [0, 0.1) is 5.92 Å². The van der Waals surface area contributed by atoms with Crippen molar-refractivity contribution in [3.8, 4) is 0 Å². The van der Waals surface area contributed by atoms with Crippen LogP contribution in [0.1, 0.15) is 30.7 Å². The molecule has 2 atom stereocenters. The number of hydrogen-bond donors (Lipinski definition) is 1. The number of halogens is 1. The molecule has 72 valence electrons. The second kappa shape index (κ2) is 3.99. The maximum absolute atomic E-state index is 6.09. The molecule has 13 heavy (non-hydrogen) atoms. The quantitative estimate of drug-likeness (QED) is 0.757. The van der Waals surface area contributed by atoms with E-state index >= 15 is 0 Å². The zero-order chi connectivity index (χ0) is 9.26. The van der Waals surface area contributed by atoms with Gasteiger partial charge in [-0.2, -0.15) is 0 Å². The van der Waals surface area contributed by atoms with Crippen LogP contribution >= 0.6 is 22.9 Å². The Hall–Kier alpha value is -0.0500. The molecule has 0 saturated carbocycles. The van der Waals surface area contributed by atoms with E-state index in [0.717, 1.165) is 17.5 Å². The maximum atomic E-state index is 6.09. The summed E-state index contributed by atoms with van der Waals surface area (Å²) in [6, 6.07) is 2.49. The fourth-order valence-electron chi connectivity index (χ4n) is 1.86. The number of thiophene rings is 1. The zero-order valence-corrected chi connectivity index (χ0v) is 9.29. The van der Waals surface area contributed by atoms with Crippen LogP contribution in [-0.4, -0.2) is 6.54 Å². The molecule has 0 aromatic carbocycles. The zero-order valence-electron chi connectivity index (χ0n) is 7.72. The van der Waals surface area contributed by atoms with Gasteiger partial charge in [-0.3, -0.25) is 0 Å². The van der Waals surface area contributed by atoms with E-state index in [1.807, 2.05) is 6.07 Å². The van der Waals surface area contributed by atoms with Gasteiger partial charge >= 0.3 is 0 Å². The van der Waals surface area contributed by atoms with Crippen molar-refractivity contribution in [1.29, 1.82) is 0 Å². The molecule has 1 nitrogen and oxygen atoms in total. The molecular weight excluding hydrogens is 202 g/mol. The van der Waals surface area contributed by atoms with E-state index in [1.165, 1.54) is 17.7 Å². The van der Waals surface area contributed by atoms with E-state index in [1.54, 1.807) is 11.3 Å². The molecule has 2 rings (SSSR count). The Labute approximate surface area is 88.1 Å². The van der Waals surface area contributed by atoms with E-state index in [9.17, 15) is 0 Å². The molecule has 1 aliphatic heterocycles. The van der Waals surface area contributed by atoms with Gasteiger partial charge in [0.15, 0.2) is 0 Å². The van der Waals surface area contributed by atoms with Crippen molar-refractivity contribution < 1.29 is 0 Å². The molecule has 1 aromatic rings. The van der Waals surface area contributed by atoms with Gasteiger partial charge in [-0.25, -0.2) is 0 Å². The van der Waals surface area contributed by atoms with Crippen LogP contribution in [0.2, 0.25) is 5.02 Å². The summed E-state index contributed by atoms with van der Waals surface area (Å²) in [5.74, 6) is 0.824. The van der Waals surface area contributed by atoms with E-state index in [2.05, 4.69) is 17.6 Å². The van der Waals surface area contributed by atoms with Gasteiger partial charge in [0.25, 0.3) is 0 Å². The summed E-state index contributed by atoms with van der Waals surface area (Å²) in [7, 11) is 0. The van der Waals surface area contributed by atoms with Gasteiger partial charge in [-0.1, -0.05) is 18.5 Å². The molecule has 2 heterocycles. The number of nitrogens with one attached hydrogen (secondary N) is 1. The van der Waals surface area contributed by atoms with Gasteiger partial charge in [0, 0.05) is 10.9 Å². The van der Waals surface area contributed by atoms with Gasteiger partial charge in [0.2, 0.25) is 0 Å². The van der Waals surface area contributed by atoms with Crippen molar-refractivity contribution in [3.05, 3.63) is 21.3 Å². The first kappa shape index (κ1) is 9.50. The van der Waals surface area contributed by atoms with Crippen molar-refractivity contribution in [1.82, 2.24) is 5.32 Å². The van der Waals surface area contributed by atoms with Gasteiger partial charge in [-0.15, -0.1) is 11.3 Å². The van der Waals surface area contributed by atoms with E-state index in [-0.39, 0.29) is 0 Å². The number of rotatable bonds is 1. The second-order valence-electron chi connectivity index (χ2n) is 3.77. The summed E-state index contributed by atoms with van der Waals surface area (Å²) in [5, 5.41) is 6.51. The summed E-state index contributed by atoms with van der Waals surface area (Å²) in [6.45, 7) is 3.44. The first-order chi connectivity index (χ1) is 6.27. The standard InChI is InChI=1S/C10H14ClNS/c1-7-2-4-12-9(6-7)10-8(11)3-5-13-10/h3,5,7,9,12H,2,4,6H2,1H3. The molecule has 0 radical (unpaired) electrons. The van der Waals surface area contributed by atoms with Crippen molar-refractivity contribution >= 4 is 22.9 Å². The SMILES string of the molecule is CC1CCNC(c2sccc2Cl)C1. The van der Waals surface area contributed by atoms with Gasteiger partial charge in [0.1, 0.15) is 0 Å². The normalized spacial score (nSPS) is 29.1. The Kier molecular flexibility index (Phi) is 2.92. The first-order valence-electron chi connectivity index (χ1n) is 4.73. The lowest BCUT2D eigenvalue weighted by atomic mass is 9.93. The van der Waals surface area contributed by atoms with Crippen LogP contribution in [0.3, 0.4) is 0 Å². The Morgan fingerprint density at radius 3 is 3.08 bits per heavy atom. The fourth-order valence-corrected chi connectivity index (χ4v) is 3.14. The van der Waals surface area contributed by atoms with Crippen LogP contribution in [0.5, 0.6) is 0 Å². The molecule has 0 bridgehead atoms. The Morgan fingerprint density at radius 2 is 2.46 bits per heavy atom. The van der Waals surface area contributed by atoms with E-state index in [0.29, 0.717) is 6.04 Å². The monoisotopic (exact) mass is 215 g/mol. The van der Waals surface area contributed by atoms with Crippen LogP contribution in [0.4, 0.5) is 0 Å². The minimum Gasteiger partial charge on any atom is -0.309 e. The molecule has 1 saturated heterocycles. The van der Waals surface area contributed by atoms with Crippen molar-refractivity contribution in [3.63, 3.8) is 0 Å². The molecule has 1 aliphatic rings. The van der Waals surface area contributed by atoms with Gasteiger partial charge in [0.05, 0.1) is 5.02 Å². The largest absolute Gasteiger partial charge is 0.309 e. The third-order valence-electron chi connectivity index (χ3n) is 2.63. The second-order valence-corrected chi connectivity index (χ2v) is 5.12. The third kappa shape index (κ3) is 2.06. The average Bonchev–Trinajstić information content (AvgIpc) is 2.51. The number of hydrogen-bond acceptors (Lipinski definition) is 2. The first-order valence-corrected chi connectivity index (χ1v) is 5.99. The van der Waals surface area contributed by atoms with Gasteiger partial charge < -0.3 is 5.32 Å². The van der Waals surface area contributed by atoms with Crippen LogP contribution in [-0.2, 0) is 0 Å². The number of piperidine rings is 1. The van der Waals surface area contributed by atoms with Crippen molar-refractivity contribution in [2.24, 2.45) is 5.92 Å². The van der Waals surface area contributed by atoms with Crippen molar-refractivity contribution in [2.75, 3.05) is 6.54 Å². The molecule has 3 heteroatoms. The molecule has 0 amide bonds. The highest BCUT2D eigenvalue weighted by Crippen LogP contribution is 2.34. The lowest BCUT2D eigenvalue weighted by Gasteiger charge is -2.27. The average molecular weight is 216 g/mol. The molecule has 0 spiro atoms.